The maximum Gasteiger partial charge on any atom is 0.0791 e. The Balaban J connectivity index is 2.26. The molecule has 2 nitrogen and oxygen atoms in total. The van der Waals surface area contributed by atoms with Crippen LogP contribution in [-0.4, -0.2) is 24.2 Å². The summed E-state index contributed by atoms with van der Waals surface area (Å²) in [7, 11) is 2.14. The van der Waals surface area contributed by atoms with Gasteiger partial charge in [0.2, 0.25) is 0 Å². The summed E-state index contributed by atoms with van der Waals surface area (Å²) in [6.07, 6.45) is 9.39. The number of hydrogen-bond donors (Lipinski definition) is 1. The Morgan fingerprint density at radius 3 is 2.85 bits per heavy atom. The minimum Gasteiger partial charge on any atom is -0.312 e. The SMILES string of the molecule is CC1=CC2CC=CCC2N(C)C1N. The number of hydrogen-bond acceptors (Lipinski definition) is 2. The van der Waals surface area contributed by atoms with Gasteiger partial charge in [-0.3, -0.25) is 4.90 Å². The summed E-state index contributed by atoms with van der Waals surface area (Å²) >= 11 is 0. The zero-order valence-electron chi connectivity index (χ0n) is 8.40. The fourth-order valence-corrected chi connectivity index (χ4v) is 2.43. The minimum absolute atomic E-state index is 0.132. The van der Waals surface area contributed by atoms with E-state index in [1.54, 1.807) is 0 Å². The van der Waals surface area contributed by atoms with Crippen molar-refractivity contribution in [2.24, 2.45) is 11.7 Å². The molecule has 0 aromatic rings. The molecular weight excluding hydrogens is 160 g/mol. The molecule has 0 aromatic carbocycles. The first-order valence-electron chi connectivity index (χ1n) is 5.01. The van der Waals surface area contributed by atoms with E-state index in [-0.39, 0.29) is 6.17 Å². The largest absolute Gasteiger partial charge is 0.312 e. The van der Waals surface area contributed by atoms with E-state index < -0.39 is 0 Å². The highest BCUT2D eigenvalue weighted by Crippen LogP contribution is 2.31. The lowest BCUT2D eigenvalue weighted by Crippen LogP contribution is -2.52. The number of likely N-dealkylation sites (N-methyl/N-ethyl adjacent to an activating group) is 1. The third-order valence-corrected chi connectivity index (χ3v) is 3.35. The van der Waals surface area contributed by atoms with Gasteiger partial charge < -0.3 is 5.73 Å². The molecule has 0 fully saturated rings. The highest BCUT2D eigenvalue weighted by atomic mass is 15.2. The highest BCUT2D eigenvalue weighted by Gasteiger charge is 2.32. The summed E-state index contributed by atoms with van der Waals surface area (Å²) in [4.78, 5) is 2.31. The minimum atomic E-state index is 0.132. The molecule has 0 amide bonds. The van der Waals surface area contributed by atoms with Gasteiger partial charge in [-0.1, -0.05) is 18.2 Å². The zero-order valence-corrected chi connectivity index (χ0v) is 8.40. The number of nitrogens with two attached hydrogens (primary N) is 1. The molecule has 2 aliphatic rings. The fraction of sp³-hybridized carbons (Fsp3) is 0.636. The van der Waals surface area contributed by atoms with E-state index in [1.165, 1.54) is 12.0 Å². The zero-order chi connectivity index (χ0) is 9.42. The van der Waals surface area contributed by atoms with Gasteiger partial charge in [0.15, 0.2) is 0 Å². The molecule has 3 atom stereocenters. The first-order valence-corrected chi connectivity index (χ1v) is 5.01. The van der Waals surface area contributed by atoms with Crippen LogP contribution in [0.5, 0.6) is 0 Å². The molecule has 0 bridgehead atoms. The number of rotatable bonds is 0. The molecule has 2 heteroatoms. The Hall–Kier alpha value is -0.600. The molecule has 3 unspecified atom stereocenters. The van der Waals surface area contributed by atoms with E-state index in [2.05, 4.69) is 37.1 Å². The first-order chi connectivity index (χ1) is 6.20. The second kappa shape index (κ2) is 3.28. The van der Waals surface area contributed by atoms with Crippen molar-refractivity contribution in [1.82, 2.24) is 4.90 Å². The number of allylic oxidation sites excluding steroid dienone is 1. The van der Waals surface area contributed by atoms with Gasteiger partial charge in [0.05, 0.1) is 6.17 Å². The first kappa shape index (κ1) is 8.97. The second-order valence-corrected chi connectivity index (χ2v) is 4.20. The topological polar surface area (TPSA) is 29.3 Å². The number of fused-ring (bicyclic) bond motifs is 1. The Bertz CT molecular complexity index is 255. The molecule has 0 aromatic heterocycles. The Morgan fingerprint density at radius 2 is 2.08 bits per heavy atom. The van der Waals surface area contributed by atoms with Crippen molar-refractivity contribution < 1.29 is 0 Å². The molecule has 0 radical (unpaired) electrons. The molecule has 1 aliphatic heterocycles. The molecule has 0 saturated heterocycles. The number of nitrogens with zero attached hydrogens (tertiary/aromatic N) is 1. The standard InChI is InChI=1S/C11H18N2/c1-8-7-9-5-3-4-6-10(9)13(2)11(8)12/h3-4,7,9-11H,5-6,12H2,1-2H3. The predicted octanol–water partition coefficient (Wildman–Crippen LogP) is 1.50. The van der Waals surface area contributed by atoms with Crippen LogP contribution in [0.15, 0.2) is 23.8 Å². The molecule has 0 spiro atoms. The smallest absolute Gasteiger partial charge is 0.0791 e. The molecule has 13 heavy (non-hydrogen) atoms. The predicted molar refractivity (Wildman–Crippen MR) is 55.1 cm³/mol. The van der Waals surface area contributed by atoms with Crippen LogP contribution >= 0.6 is 0 Å². The molecular formula is C11H18N2. The van der Waals surface area contributed by atoms with Gasteiger partial charge in [-0.25, -0.2) is 0 Å². The van der Waals surface area contributed by atoms with Gasteiger partial charge in [-0.2, -0.15) is 0 Å². The van der Waals surface area contributed by atoms with Crippen LogP contribution in [0.3, 0.4) is 0 Å². The molecule has 1 heterocycles. The van der Waals surface area contributed by atoms with Crippen LogP contribution in [0.4, 0.5) is 0 Å². The van der Waals surface area contributed by atoms with E-state index >= 15 is 0 Å². The normalized spacial score (nSPS) is 39.9. The van der Waals surface area contributed by atoms with Crippen LogP contribution < -0.4 is 5.73 Å². The van der Waals surface area contributed by atoms with Crippen LogP contribution in [0.25, 0.3) is 0 Å². The van der Waals surface area contributed by atoms with E-state index in [9.17, 15) is 0 Å². The van der Waals surface area contributed by atoms with Crippen molar-refractivity contribution >= 4 is 0 Å². The van der Waals surface area contributed by atoms with Crippen LogP contribution in [-0.2, 0) is 0 Å². The Labute approximate surface area is 80.1 Å². The average molecular weight is 178 g/mol. The maximum absolute atomic E-state index is 6.06. The van der Waals surface area contributed by atoms with Crippen molar-refractivity contribution in [2.75, 3.05) is 7.05 Å². The van der Waals surface area contributed by atoms with E-state index in [1.807, 2.05) is 0 Å². The van der Waals surface area contributed by atoms with Gasteiger partial charge in [0, 0.05) is 6.04 Å². The van der Waals surface area contributed by atoms with Gasteiger partial charge in [-0.05, 0) is 38.3 Å². The summed E-state index contributed by atoms with van der Waals surface area (Å²) in [6.45, 7) is 2.13. The third-order valence-electron chi connectivity index (χ3n) is 3.35. The van der Waals surface area contributed by atoms with E-state index in [0.717, 1.165) is 6.42 Å². The molecule has 0 saturated carbocycles. The highest BCUT2D eigenvalue weighted by molar-refractivity contribution is 5.18. The quantitative estimate of drug-likeness (QED) is 0.570. The summed E-state index contributed by atoms with van der Waals surface area (Å²) in [5, 5.41) is 0. The van der Waals surface area contributed by atoms with Crippen LogP contribution in [0.1, 0.15) is 19.8 Å². The molecule has 2 rings (SSSR count). The average Bonchev–Trinajstić information content (AvgIpc) is 2.15. The van der Waals surface area contributed by atoms with Gasteiger partial charge in [0.1, 0.15) is 0 Å². The van der Waals surface area contributed by atoms with Crippen molar-refractivity contribution in [3.8, 4) is 0 Å². The lowest BCUT2D eigenvalue weighted by molar-refractivity contribution is 0.140. The summed E-state index contributed by atoms with van der Waals surface area (Å²) in [5.41, 5.74) is 7.38. The Morgan fingerprint density at radius 1 is 1.38 bits per heavy atom. The van der Waals surface area contributed by atoms with Crippen molar-refractivity contribution in [3.05, 3.63) is 23.8 Å². The van der Waals surface area contributed by atoms with E-state index in [4.69, 9.17) is 5.73 Å². The summed E-state index contributed by atoms with van der Waals surface area (Å²) in [6, 6.07) is 0.628. The van der Waals surface area contributed by atoms with Gasteiger partial charge in [-0.15, -0.1) is 0 Å². The summed E-state index contributed by atoms with van der Waals surface area (Å²) in [5.74, 6) is 0.690. The summed E-state index contributed by atoms with van der Waals surface area (Å²) < 4.78 is 0. The van der Waals surface area contributed by atoms with Crippen molar-refractivity contribution in [3.63, 3.8) is 0 Å². The molecule has 2 N–H and O–H groups in total. The molecule has 1 aliphatic carbocycles. The fourth-order valence-electron chi connectivity index (χ4n) is 2.43. The monoisotopic (exact) mass is 178 g/mol. The lowest BCUT2D eigenvalue weighted by atomic mass is 9.83. The Kier molecular flexibility index (Phi) is 2.26. The van der Waals surface area contributed by atoms with Crippen LogP contribution in [0, 0.1) is 5.92 Å². The van der Waals surface area contributed by atoms with Crippen LogP contribution in [0.2, 0.25) is 0 Å². The van der Waals surface area contributed by atoms with Crippen molar-refractivity contribution in [2.45, 2.75) is 32.0 Å². The van der Waals surface area contributed by atoms with Gasteiger partial charge >= 0.3 is 0 Å². The molecule has 72 valence electrons. The second-order valence-electron chi connectivity index (χ2n) is 4.20. The maximum atomic E-state index is 6.06. The lowest BCUT2D eigenvalue weighted by Gasteiger charge is -2.42. The van der Waals surface area contributed by atoms with E-state index in [0.29, 0.717) is 12.0 Å². The van der Waals surface area contributed by atoms with Gasteiger partial charge in [0.25, 0.3) is 0 Å². The van der Waals surface area contributed by atoms with Crippen molar-refractivity contribution in [1.29, 1.82) is 0 Å². The third kappa shape index (κ3) is 1.45.